The highest BCUT2D eigenvalue weighted by Gasteiger charge is 2.61. The Bertz CT molecular complexity index is 926. The molecule has 1 heterocycles. The second kappa shape index (κ2) is 6.30. The molecule has 27 heavy (non-hydrogen) atoms. The summed E-state index contributed by atoms with van der Waals surface area (Å²) in [5.74, 6) is 0.673. The van der Waals surface area contributed by atoms with Gasteiger partial charge < -0.3 is 5.32 Å². The van der Waals surface area contributed by atoms with Crippen LogP contribution in [0, 0.1) is 19.3 Å². The van der Waals surface area contributed by atoms with Gasteiger partial charge in [0.05, 0.1) is 17.1 Å². The summed E-state index contributed by atoms with van der Waals surface area (Å²) in [6.07, 6.45) is 2.31. The number of benzene rings is 1. The Hall–Kier alpha value is -1.95. The van der Waals surface area contributed by atoms with Gasteiger partial charge in [-0.15, -0.1) is 5.10 Å². The third-order valence-corrected chi connectivity index (χ3v) is 7.82. The first kappa shape index (κ1) is 18.4. The van der Waals surface area contributed by atoms with E-state index in [1.54, 1.807) is 0 Å². The maximum absolute atomic E-state index is 12.4. The summed E-state index contributed by atoms with van der Waals surface area (Å²) < 4.78 is 0. The van der Waals surface area contributed by atoms with E-state index in [-0.39, 0.29) is 22.5 Å². The van der Waals surface area contributed by atoms with Gasteiger partial charge in [0, 0.05) is 17.0 Å². The number of carbonyl (C=O) groups is 1. The molecule has 2 aromatic rings. The average Bonchev–Trinajstić information content (AvgIpc) is 2.96. The lowest BCUT2D eigenvalue weighted by atomic mass is 9.70. The van der Waals surface area contributed by atoms with Gasteiger partial charge in [-0.3, -0.25) is 4.79 Å². The van der Waals surface area contributed by atoms with Crippen molar-refractivity contribution in [2.75, 3.05) is 11.1 Å². The quantitative estimate of drug-likeness (QED) is 0.794. The summed E-state index contributed by atoms with van der Waals surface area (Å²) >= 11 is 1.35. The molecular formula is C21H26N4OS. The minimum absolute atomic E-state index is 0.0501. The van der Waals surface area contributed by atoms with Gasteiger partial charge in [0.2, 0.25) is 11.1 Å². The molecule has 5 nitrogen and oxygen atoms in total. The number of aryl methyl sites for hydroxylation is 1. The SMILES string of the molecule is Cc1cccc(NC(=O)CSc2nnc3c(n2)[C@]2(C)CC[C@H]3C2(C)C)c1C. The highest BCUT2D eigenvalue weighted by atomic mass is 32.2. The van der Waals surface area contributed by atoms with Crippen LogP contribution in [0.1, 0.15) is 62.0 Å². The lowest BCUT2D eigenvalue weighted by Crippen LogP contribution is -2.32. The average molecular weight is 383 g/mol. The maximum Gasteiger partial charge on any atom is 0.234 e. The standard InChI is InChI=1S/C21H26N4OS/c1-12-7-6-8-15(13(12)2)22-16(26)11-27-19-23-18-17(24-25-19)14-9-10-21(18,5)20(14,3)4/h6-8,14H,9-11H2,1-5H3,(H,22,26)/t14-,21+/m1/s1. The number of hydrogen-bond acceptors (Lipinski definition) is 5. The summed E-state index contributed by atoms with van der Waals surface area (Å²) in [6.45, 7) is 11.0. The number of nitrogens with zero attached hydrogens (tertiary/aromatic N) is 3. The molecule has 2 aliphatic rings. The van der Waals surface area contributed by atoms with E-state index in [0.29, 0.717) is 11.1 Å². The van der Waals surface area contributed by atoms with E-state index in [1.807, 2.05) is 32.0 Å². The van der Waals surface area contributed by atoms with E-state index in [2.05, 4.69) is 36.3 Å². The second-order valence-corrected chi connectivity index (χ2v) is 9.50. The largest absolute Gasteiger partial charge is 0.325 e. The van der Waals surface area contributed by atoms with Crippen LogP contribution >= 0.6 is 11.8 Å². The number of nitrogens with one attached hydrogen (secondary N) is 1. The van der Waals surface area contributed by atoms with Crippen molar-refractivity contribution in [1.29, 1.82) is 0 Å². The maximum atomic E-state index is 12.4. The fourth-order valence-corrected chi connectivity index (χ4v) is 5.21. The zero-order valence-electron chi connectivity index (χ0n) is 16.6. The summed E-state index contributed by atoms with van der Waals surface area (Å²) in [4.78, 5) is 17.2. The van der Waals surface area contributed by atoms with E-state index >= 15 is 0 Å². The van der Waals surface area contributed by atoms with Gasteiger partial charge in [0.1, 0.15) is 0 Å². The zero-order valence-corrected chi connectivity index (χ0v) is 17.4. The first-order valence-electron chi connectivity index (χ1n) is 9.48. The fourth-order valence-electron chi connectivity index (χ4n) is 4.63. The van der Waals surface area contributed by atoms with Crippen LogP contribution in [-0.2, 0) is 10.2 Å². The van der Waals surface area contributed by atoms with Gasteiger partial charge in [0.25, 0.3) is 0 Å². The first-order valence-corrected chi connectivity index (χ1v) is 10.5. The van der Waals surface area contributed by atoms with Gasteiger partial charge >= 0.3 is 0 Å². The molecule has 2 aliphatic carbocycles. The van der Waals surface area contributed by atoms with Crippen LogP contribution < -0.4 is 5.32 Å². The number of fused-ring (bicyclic) bond motifs is 5. The Labute approximate surface area is 164 Å². The summed E-state index contributed by atoms with van der Waals surface area (Å²) in [5, 5.41) is 12.4. The molecule has 6 heteroatoms. The molecule has 0 radical (unpaired) electrons. The predicted molar refractivity (Wildman–Crippen MR) is 108 cm³/mol. The van der Waals surface area contributed by atoms with Crippen LogP contribution in [0.2, 0.25) is 0 Å². The monoisotopic (exact) mass is 382 g/mol. The summed E-state index contributed by atoms with van der Waals surface area (Å²) in [5.41, 5.74) is 5.50. The molecule has 1 N–H and O–H groups in total. The van der Waals surface area contributed by atoms with Crippen molar-refractivity contribution in [3.63, 3.8) is 0 Å². The van der Waals surface area contributed by atoms with Crippen LogP contribution in [0.25, 0.3) is 0 Å². The second-order valence-electron chi connectivity index (χ2n) is 8.56. The van der Waals surface area contributed by atoms with Gasteiger partial charge in [0.15, 0.2) is 0 Å². The minimum Gasteiger partial charge on any atom is -0.325 e. The molecule has 0 saturated heterocycles. The molecular weight excluding hydrogens is 356 g/mol. The number of aromatic nitrogens is 3. The lowest BCUT2D eigenvalue weighted by molar-refractivity contribution is -0.113. The van der Waals surface area contributed by atoms with Gasteiger partial charge in [-0.1, -0.05) is 44.7 Å². The molecule has 142 valence electrons. The van der Waals surface area contributed by atoms with Crippen LogP contribution in [0.5, 0.6) is 0 Å². The number of carbonyl (C=O) groups excluding carboxylic acids is 1. The Balaban J connectivity index is 1.46. The number of amides is 1. The van der Waals surface area contributed by atoms with Gasteiger partial charge in [-0.25, -0.2) is 4.98 Å². The van der Waals surface area contributed by atoms with Crippen molar-refractivity contribution < 1.29 is 4.79 Å². The molecule has 0 unspecified atom stereocenters. The van der Waals surface area contributed by atoms with Crippen LogP contribution in [0.3, 0.4) is 0 Å². The number of anilines is 1. The van der Waals surface area contributed by atoms with Crippen molar-refractivity contribution in [3.8, 4) is 0 Å². The Morgan fingerprint density at radius 2 is 2.04 bits per heavy atom. The van der Waals surface area contributed by atoms with E-state index in [0.717, 1.165) is 41.0 Å². The number of thioether (sulfide) groups is 1. The normalized spacial score (nSPS) is 24.7. The number of rotatable bonds is 4. The molecule has 0 spiro atoms. The first-order chi connectivity index (χ1) is 12.7. The Morgan fingerprint density at radius 3 is 2.81 bits per heavy atom. The van der Waals surface area contributed by atoms with E-state index in [4.69, 9.17) is 4.98 Å². The third-order valence-electron chi connectivity index (χ3n) is 6.98. The van der Waals surface area contributed by atoms with E-state index in [9.17, 15) is 4.79 Å². The van der Waals surface area contributed by atoms with Crippen LogP contribution in [-0.4, -0.2) is 26.8 Å². The molecule has 4 rings (SSSR count). The van der Waals surface area contributed by atoms with E-state index < -0.39 is 0 Å². The predicted octanol–water partition coefficient (Wildman–Crippen LogP) is 4.39. The van der Waals surface area contributed by atoms with Crippen molar-refractivity contribution in [1.82, 2.24) is 15.2 Å². The fraction of sp³-hybridized carbons (Fsp3) is 0.524. The molecule has 1 amide bonds. The molecule has 1 aromatic carbocycles. The smallest absolute Gasteiger partial charge is 0.234 e. The molecule has 2 bridgehead atoms. The molecule has 1 aromatic heterocycles. The Morgan fingerprint density at radius 1 is 1.26 bits per heavy atom. The third kappa shape index (κ3) is 2.76. The van der Waals surface area contributed by atoms with Gasteiger partial charge in [-0.2, -0.15) is 5.10 Å². The highest BCUT2D eigenvalue weighted by molar-refractivity contribution is 7.99. The Kier molecular flexibility index (Phi) is 4.29. The molecule has 2 atom stereocenters. The topological polar surface area (TPSA) is 67.8 Å². The summed E-state index contributed by atoms with van der Waals surface area (Å²) in [7, 11) is 0. The van der Waals surface area contributed by atoms with Crippen molar-refractivity contribution in [3.05, 3.63) is 40.7 Å². The highest BCUT2D eigenvalue weighted by Crippen LogP contribution is 2.66. The number of hydrogen-bond donors (Lipinski definition) is 1. The van der Waals surface area contributed by atoms with Crippen molar-refractivity contribution in [2.24, 2.45) is 5.41 Å². The van der Waals surface area contributed by atoms with Gasteiger partial charge in [-0.05, 0) is 49.3 Å². The van der Waals surface area contributed by atoms with Crippen LogP contribution in [0.15, 0.2) is 23.4 Å². The van der Waals surface area contributed by atoms with Crippen molar-refractivity contribution in [2.45, 2.75) is 63.9 Å². The zero-order chi connectivity index (χ0) is 19.4. The molecule has 1 fully saturated rings. The molecule has 1 saturated carbocycles. The molecule has 0 aliphatic heterocycles. The lowest BCUT2D eigenvalue weighted by Gasteiger charge is -2.33. The minimum atomic E-state index is -0.0501. The van der Waals surface area contributed by atoms with Crippen LogP contribution in [0.4, 0.5) is 5.69 Å². The summed E-state index contributed by atoms with van der Waals surface area (Å²) in [6, 6.07) is 5.92. The van der Waals surface area contributed by atoms with E-state index in [1.165, 1.54) is 11.8 Å². The van der Waals surface area contributed by atoms with Crippen molar-refractivity contribution >= 4 is 23.4 Å².